The van der Waals surface area contributed by atoms with Crippen LogP contribution in [0.25, 0.3) is 0 Å². The Morgan fingerprint density at radius 3 is 1.69 bits per heavy atom. The molecule has 0 aromatic carbocycles. The second-order valence-electron chi connectivity index (χ2n) is 3.29. The highest BCUT2D eigenvalue weighted by Crippen LogP contribution is 2.05. The van der Waals surface area contributed by atoms with E-state index in [4.69, 9.17) is 4.74 Å². The van der Waals surface area contributed by atoms with Gasteiger partial charge in [0.15, 0.2) is 0 Å². The number of β-lactam (4-membered cyclic amide) rings is 1. The molecule has 3 heteroatoms. The van der Waals surface area contributed by atoms with E-state index in [1.165, 1.54) is 0 Å². The van der Waals surface area contributed by atoms with Gasteiger partial charge in [-0.15, -0.1) is 0 Å². The van der Waals surface area contributed by atoms with Gasteiger partial charge in [-0.3, -0.25) is 4.79 Å². The van der Waals surface area contributed by atoms with Crippen molar-refractivity contribution in [2.75, 3.05) is 19.8 Å². The monoisotopic (exact) mass is 187 g/mol. The van der Waals surface area contributed by atoms with E-state index in [0.29, 0.717) is 0 Å². The fraction of sp³-hybridized carbons (Fsp3) is 0.900. The van der Waals surface area contributed by atoms with Crippen molar-refractivity contribution in [2.45, 2.75) is 27.7 Å². The predicted octanol–water partition coefficient (Wildman–Crippen LogP) is 1.43. The zero-order chi connectivity index (χ0) is 10.3. The van der Waals surface area contributed by atoms with Gasteiger partial charge in [0.25, 0.3) is 0 Å². The largest absolute Gasteiger partial charge is 0.381 e. The van der Waals surface area contributed by atoms with Crippen LogP contribution in [0.3, 0.4) is 0 Å². The average Bonchev–Trinajstić information content (AvgIpc) is 2.16. The van der Waals surface area contributed by atoms with E-state index in [2.05, 4.69) is 12.2 Å². The summed E-state index contributed by atoms with van der Waals surface area (Å²) in [6, 6.07) is 0. The van der Waals surface area contributed by atoms with E-state index in [-0.39, 0.29) is 11.8 Å². The SMILES string of the molecule is CC.CC1CNC1=O.CC1COC1. The molecule has 1 atom stereocenters. The summed E-state index contributed by atoms with van der Waals surface area (Å²) in [5.41, 5.74) is 0. The molecule has 13 heavy (non-hydrogen) atoms. The van der Waals surface area contributed by atoms with E-state index < -0.39 is 0 Å². The molecule has 0 radical (unpaired) electrons. The van der Waals surface area contributed by atoms with Gasteiger partial charge in [0.05, 0.1) is 19.1 Å². The molecule has 3 nitrogen and oxygen atoms in total. The van der Waals surface area contributed by atoms with Crippen molar-refractivity contribution < 1.29 is 9.53 Å². The lowest BCUT2D eigenvalue weighted by Crippen LogP contribution is -2.46. The summed E-state index contributed by atoms with van der Waals surface area (Å²) in [6.45, 7) is 10.9. The third kappa shape index (κ3) is 4.88. The van der Waals surface area contributed by atoms with E-state index in [1.807, 2.05) is 20.8 Å². The minimum Gasteiger partial charge on any atom is -0.381 e. The van der Waals surface area contributed by atoms with Crippen LogP contribution >= 0.6 is 0 Å². The first kappa shape index (κ1) is 12.4. The summed E-state index contributed by atoms with van der Waals surface area (Å²) in [4.78, 5) is 10.1. The van der Waals surface area contributed by atoms with Crippen molar-refractivity contribution in [3.8, 4) is 0 Å². The van der Waals surface area contributed by atoms with Crippen LogP contribution in [0.15, 0.2) is 0 Å². The van der Waals surface area contributed by atoms with Crippen molar-refractivity contribution in [1.82, 2.24) is 5.32 Å². The molecule has 1 N–H and O–H groups in total. The fourth-order valence-electron chi connectivity index (χ4n) is 0.743. The molecule has 2 fully saturated rings. The van der Waals surface area contributed by atoms with Crippen molar-refractivity contribution in [2.24, 2.45) is 11.8 Å². The minimum absolute atomic E-state index is 0.190. The third-order valence-corrected chi connectivity index (χ3v) is 1.83. The molecule has 2 heterocycles. The molecule has 0 spiro atoms. The summed E-state index contributed by atoms with van der Waals surface area (Å²) in [5, 5.41) is 2.62. The normalized spacial score (nSPS) is 24.9. The smallest absolute Gasteiger partial charge is 0.224 e. The lowest BCUT2D eigenvalue weighted by molar-refractivity contribution is -0.130. The van der Waals surface area contributed by atoms with Crippen LogP contribution in [-0.4, -0.2) is 25.7 Å². The molecule has 2 saturated heterocycles. The first-order valence-electron chi connectivity index (χ1n) is 5.05. The Morgan fingerprint density at radius 2 is 1.69 bits per heavy atom. The number of hydrogen-bond acceptors (Lipinski definition) is 2. The first-order chi connectivity index (χ1) is 6.20. The molecular weight excluding hydrogens is 166 g/mol. The van der Waals surface area contributed by atoms with Gasteiger partial charge in [0, 0.05) is 12.5 Å². The number of rotatable bonds is 0. The van der Waals surface area contributed by atoms with Gasteiger partial charge in [0.1, 0.15) is 0 Å². The number of hydrogen-bond donors (Lipinski definition) is 1. The van der Waals surface area contributed by atoms with Crippen LogP contribution in [0.5, 0.6) is 0 Å². The summed E-state index contributed by atoms with van der Waals surface area (Å²) in [6.07, 6.45) is 0. The maximum absolute atomic E-state index is 10.1. The van der Waals surface area contributed by atoms with E-state index in [0.717, 1.165) is 25.7 Å². The second-order valence-corrected chi connectivity index (χ2v) is 3.29. The molecule has 2 aliphatic heterocycles. The Hall–Kier alpha value is -0.570. The number of ether oxygens (including phenoxy) is 1. The fourth-order valence-corrected chi connectivity index (χ4v) is 0.743. The van der Waals surface area contributed by atoms with Crippen molar-refractivity contribution in [1.29, 1.82) is 0 Å². The zero-order valence-electron chi connectivity index (χ0n) is 9.09. The average molecular weight is 187 g/mol. The highest BCUT2D eigenvalue weighted by atomic mass is 16.5. The Bertz CT molecular complexity index is 144. The number of carbonyl (C=O) groups is 1. The van der Waals surface area contributed by atoms with Gasteiger partial charge in [-0.1, -0.05) is 27.7 Å². The molecule has 0 aromatic rings. The lowest BCUT2D eigenvalue weighted by Gasteiger charge is -2.20. The highest BCUT2D eigenvalue weighted by molar-refractivity contribution is 5.83. The summed E-state index contributed by atoms with van der Waals surface area (Å²) >= 11 is 0. The molecule has 0 aliphatic carbocycles. The third-order valence-electron chi connectivity index (χ3n) is 1.83. The zero-order valence-corrected chi connectivity index (χ0v) is 9.09. The van der Waals surface area contributed by atoms with E-state index in [9.17, 15) is 4.79 Å². The first-order valence-corrected chi connectivity index (χ1v) is 5.05. The van der Waals surface area contributed by atoms with Crippen molar-refractivity contribution in [3.05, 3.63) is 0 Å². The minimum atomic E-state index is 0.190. The standard InChI is InChI=1S/C4H7NO.C4H8O.C2H6/c1-3-2-5-4(3)6;1-4-2-5-3-4;1-2/h3H,2H2,1H3,(H,5,6);4H,2-3H2,1H3;1-2H3. The lowest BCUT2D eigenvalue weighted by atomic mass is 10.1. The van der Waals surface area contributed by atoms with E-state index >= 15 is 0 Å². The number of nitrogens with one attached hydrogen (secondary N) is 1. The molecular formula is C10H21NO2. The van der Waals surface area contributed by atoms with Crippen LogP contribution in [0.4, 0.5) is 0 Å². The van der Waals surface area contributed by atoms with Crippen LogP contribution < -0.4 is 5.32 Å². The van der Waals surface area contributed by atoms with Gasteiger partial charge in [0.2, 0.25) is 5.91 Å². The van der Waals surface area contributed by atoms with Crippen molar-refractivity contribution in [3.63, 3.8) is 0 Å². The van der Waals surface area contributed by atoms with Gasteiger partial charge in [-0.05, 0) is 0 Å². The van der Waals surface area contributed by atoms with Gasteiger partial charge in [-0.2, -0.15) is 0 Å². The maximum Gasteiger partial charge on any atom is 0.224 e. The number of amides is 1. The Balaban J connectivity index is 0.000000189. The van der Waals surface area contributed by atoms with Gasteiger partial charge < -0.3 is 10.1 Å². The van der Waals surface area contributed by atoms with Crippen LogP contribution in [0, 0.1) is 11.8 Å². The quantitative estimate of drug-likeness (QED) is 0.583. The summed E-state index contributed by atoms with van der Waals surface area (Å²) in [7, 11) is 0. The highest BCUT2D eigenvalue weighted by Gasteiger charge is 2.20. The Morgan fingerprint density at radius 1 is 1.31 bits per heavy atom. The van der Waals surface area contributed by atoms with Crippen molar-refractivity contribution >= 4 is 5.91 Å². The molecule has 2 rings (SSSR count). The summed E-state index contributed by atoms with van der Waals surface area (Å²) < 4.78 is 4.83. The second kappa shape index (κ2) is 6.89. The number of carbonyl (C=O) groups excluding carboxylic acids is 1. The van der Waals surface area contributed by atoms with Crippen LogP contribution in [-0.2, 0) is 9.53 Å². The molecule has 1 amide bonds. The van der Waals surface area contributed by atoms with Gasteiger partial charge in [-0.25, -0.2) is 0 Å². The predicted molar refractivity (Wildman–Crippen MR) is 53.5 cm³/mol. The molecule has 0 aromatic heterocycles. The molecule has 78 valence electrons. The molecule has 0 bridgehead atoms. The molecule has 0 saturated carbocycles. The Kier molecular flexibility index (Phi) is 6.59. The van der Waals surface area contributed by atoms with Crippen LogP contribution in [0.1, 0.15) is 27.7 Å². The molecule has 2 aliphatic rings. The van der Waals surface area contributed by atoms with E-state index in [1.54, 1.807) is 0 Å². The van der Waals surface area contributed by atoms with Gasteiger partial charge >= 0.3 is 0 Å². The Labute approximate surface area is 80.8 Å². The summed E-state index contributed by atoms with van der Waals surface area (Å²) in [5.74, 6) is 1.31. The topological polar surface area (TPSA) is 38.3 Å². The molecule has 1 unspecified atom stereocenters. The maximum atomic E-state index is 10.1. The van der Waals surface area contributed by atoms with Crippen LogP contribution in [0.2, 0.25) is 0 Å².